The van der Waals surface area contributed by atoms with Gasteiger partial charge in [0.25, 0.3) is 0 Å². The van der Waals surface area contributed by atoms with Gasteiger partial charge in [-0.3, -0.25) is 0 Å². The van der Waals surface area contributed by atoms with E-state index in [0.29, 0.717) is 0 Å². The second kappa shape index (κ2) is 13.2. The summed E-state index contributed by atoms with van der Waals surface area (Å²) in [5.41, 5.74) is 16.7. The quantitative estimate of drug-likeness (QED) is 0.162. The van der Waals surface area contributed by atoms with Crippen LogP contribution in [0, 0.1) is 0 Å². The van der Waals surface area contributed by atoms with E-state index in [9.17, 15) is 0 Å². The van der Waals surface area contributed by atoms with E-state index in [2.05, 4.69) is 228 Å². The Labute approximate surface area is 325 Å². The standard InChI is InChI=1S/C54H36N2/c1-4-16-37(17-5-1)40-22-14-23-41(32-40)42-24-15-25-45(34-42)55-49-28-12-10-26-47(49)53-51(55)30-31-52-54(53)48-27-11-13-29-50(48)56(52)46-35-43(38-18-6-2-7-19-38)33-44(36-46)39-20-8-3-9-21-39/h1-36H. The smallest absolute Gasteiger partial charge is 0.0548 e. The summed E-state index contributed by atoms with van der Waals surface area (Å²) in [6.45, 7) is 0. The van der Waals surface area contributed by atoms with Gasteiger partial charge in [0.05, 0.1) is 22.1 Å². The molecule has 262 valence electrons. The summed E-state index contributed by atoms with van der Waals surface area (Å²) in [4.78, 5) is 0. The van der Waals surface area contributed by atoms with E-state index in [0.717, 1.165) is 11.4 Å². The van der Waals surface area contributed by atoms with Crippen LogP contribution in [0.15, 0.2) is 218 Å². The Morgan fingerprint density at radius 1 is 0.214 bits per heavy atom. The Kier molecular flexibility index (Phi) is 7.53. The van der Waals surface area contributed by atoms with E-state index < -0.39 is 0 Å². The number of hydrogen-bond donors (Lipinski definition) is 0. The van der Waals surface area contributed by atoms with Gasteiger partial charge in [0.15, 0.2) is 0 Å². The highest BCUT2D eigenvalue weighted by Gasteiger charge is 2.21. The van der Waals surface area contributed by atoms with E-state index in [-0.39, 0.29) is 0 Å². The van der Waals surface area contributed by atoms with Crippen molar-refractivity contribution in [1.29, 1.82) is 0 Å². The highest BCUT2D eigenvalue weighted by molar-refractivity contribution is 6.29. The molecule has 0 spiro atoms. The van der Waals surface area contributed by atoms with E-state index in [1.54, 1.807) is 0 Å². The molecule has 11 aromatic rings. The van der Waals surface area contributed by atoms with Crippen molar-refractivity contribution in [3.63, 3.8) is 0 Å². The van der Waals surface area contributed by atoms with Gasteiger partial charge in [0.2, 0.25) is 0 Å². The second-order valence-corrected chi connectivity index (χ2v) is 14.6. The molecule has 0 amide bonds. The van der Waals surface area contributed by atoms with Gasteiger partial charge in [0.1, 0.15) is 0 Å². The maximum Gasteiger partial charge on any atom is 0.0548 e. The van der Waals surface area contributed by atoms with Crippen LogP contribution in [0.1, 0.15) is 0 Å². The van der Waals surface area contributed by atoms with Gasteiger partial charge in [-0.2, -0.15) is 0 Å². The summed E-state index contributed by atoms with van der Waals surface area (Å²) < 4.78 is 4.92. The van der Waals surface area contributed by atoms with Gasteiger partial charge in [-0.25, -0.2) is 0 Å². The third-order valence-corrected chi connectivity index (χ3v) is 11.3. The lowest BCUT2D eigenvalue weighted by atomic mass is 9.98. The molecule has 0 N–H and O–H groups in total. The summed E-state index contributed by atoms with van der Waals surface area (Å²) in [7, 11) is 0. The van der Waals surface area contributed by atoms with Gasteiger partial charge in [0, 0.05) is 32.9 Å². The first kappa shape index (κ1) is 32.0. The van der Waals surface area contributed by atoms with Crippen LogP contribution in [-0.4, -0.2) is 9.13 Å². The number of hydrogen-bond acceptors (Lipinski definition) is 0. The fourth-order valence-corrected chi connectivity index (χ4v) is 8.74. The lowest BCUT2D eigenvalue weighted by Crippen LogP contribution is -1.96. The maximum absolute atomic E-state index is 2.47. The number of aromatic nitrogens is 2. The number of benzene rings is 9. The van der Waals surface area contributed by atoms with E-state index >= 15 is 0 Å². The Bertz CT molecular complexity index is 3170. The minimum atomic E-state index is 1.14. The number of para-hydroxylation sites is 2. The molecule has 0 bridgehead atoms. The van der Waals surface area contributed by atoms with Gasteiger partial charge in [-0.15, -0.1) is 0 Å². The molecule has 0 aliphatic heterocycles. The first-order valence-electron chi connectivity index (χ1n) is 19.3. The third kappa shape index (κ3) is 5.26. The molecule has 0 saturated carbocycles. The zero-order chi connectivity index (χ0) is 37.0. The highest BCUT2D eigenvalue weighted by Crippen LogP contribution is 2.43. The predicted octanol–water partition coefficient (Wildman–Crippen LogP) is 14.5. The van der Waals surface area contributed by atoms with Crippen molar-refractivity contribution in [3.05, 3.63) is 218 Å². The predicted molar refractivity (Wildman–Crippen MR) is 237 cm³/mol. The molecule has 56 heavy (non-hydrogen) atoms. The number of rotatable bonds is 6. The molecule has 11 rings (SSSR count). The highest BCUT2D eigenvalue weighted by atomic mass is 15.0. The first-order chi connectivity index (χ1) is 27.8. The molecule has 2 aromatic heterocycles. The van der Waals surface area contributed by atoms with Crippen LogP contribution in [0.3, 0.4) is 0 Å². The van der Waals surface area contributed by atoms with Crippen molar-refractivity contribution in [2.75, 3.05) is 0 Å². The maximum atomic E-state index is 2.47. The lowest BCUT2D eigenvalue weighted by Gasteiger charge is -2.14. The number of nitrogens with zero attached hydrogens (tertiary/aromatic N) is 2. The molecule has 0 fully saturated rings. The topological polar surface area (TPSA) is 9.86 Å². The van der Waals surface area contributed by atoms with Crippen molar-refractivity contribution in [2.45, 2.75) is 0 Å². The molecule has 0 atom stereocenters. The SMILES string of the molecule is c1ccc(-c2cccc(-c3cccc(-n4c5ccccc5c5c6c7ccccc7n(-c7cc(-c8ccccc8)cc(-c8ccccc8)c7)c6ccc54)c3)c2)cc1. The molecular formula is C54H36N2. The monoisotopic (exact) mass is 712 g/mol. The largest absolute Gasteiger partial charge is 0.309 e. The van der Waals surface area contributed by atoms with Crippen molar-refractivity contribution < 1.29 is 0 Å². The molecule has 0 aliphatic rings. The molecule has 9 aromatic carbocycles. The Morgan fingerprint density at radius 2 is 0.571 bits per heavy atom. The van der Waals surface area contributed by atoms with Crippen LogP contribution in [-0.2, 0) is 0 Å². The zero-order valence-electron chi connectivity index (χ0n) is 30.7. The van der Waals surface area contributed by atoms with E-state index in [4.69, 9.17) is 0 Å². The molecule has 0 aliphatic carbocycles. The summed E-state index contributed by atoms with van der Waals surface area (Å²) in [6.07, 6.45) is 0. The molecule has 0 radical (unpaired) electrons. The summed E-state index contributed by atoms with van der Waals surface area (Å²) in [5, 5.41) is 5.03. The third-order valence-electron chi connectivity index (χ3n) is 11.3. The minimum absolute atomic E-state index is 1.14. The number of fused-ring (bicyclic) bond motifs is 7. The molecule has 2 nitrogen and oxygen atoms in total. The molecule has 2 heterocycles. The molecular weight excluding hydrogens is 677 g/mol. The van der Waals surface area contributed by atoms with Gasteiger partial charge < -0.3 is 9.13 Å². The summed E-state index contributed by atoms with van der Waals surface area (Å²) >= 11 is 0. The Hall–Kier alpha value is -7.42. The van der Waals surface area contributed by atoms with Crippen molar-refractivity contribution >= 4 is 43.6 Å². The summed E-state index contributed by atoms with van der Waals surface area (Å²) in [5.74, 6) is 0. The van der Waals surface area contributed by atoms with Crippen LogP contribution in [0.25, 0.3) is 99.5 Å². The molecule has 0 unspecified atom stereocenters. The molecule has 2 heteroatoms. The second-order valence-electron chi connectivity index (χ2n) is 14.6. The van der Waals surface area contributed by atoms with Crippen LogP contribution in [0.4, 0.5) is 0 Å². The normalized spacial score (nSPS) is 11.6. The first-order valence-corrected chi connectivity index (χ1v) is 19.3. The van der Waals surface area contributed by atoms with E-state index in [1.165, 1.54) is 88.1 Å². The van der Waals surface area contributed by atoms with Crippen molar-refractivity contribution in [2.24, 2.45) is 0 Å². The van der Waals surface area contributed by atoms with Gasteiger partial charge in [-0.1, -0.05) is 158 Å². The fourth-order valence-electron chi connectivity index (χ4n) is 8.74. The van der Waals surface area contributed by atoms with Crippen LogP contribution in [0.2, 0.25) is 0 Å². The Balaban J connectivity index is 1.15. The summed E-state index contributed by atoms with van der Waals surface area (Å²) in [6, 6.07) is 79.4. The van der Waals surface area contributed by atoms with Gasteiger partial charge >= 0.3 is 0 Å². The lowest BCUT2D eigenvalue weighted by molar-refractivity contribution is 1.17. The average Bonchev–Trinajstić information content (AvgIpc) is 3.80. The van der Waals surface area contributed by atoms with Crippen LogP contribution in [0.5, 0.6) is 0 Å². The minimum Gasteiger partial charge on any atom is -0.309 e. The Morgan fingerprint density at radius 3 is 1.11 bits per heavy atom. The molecule has 0 saturated heterocycles. The van der Waals surface area contributed by atoms with Crippen LogP contribution >= 0.6 is 0 Å². The van der Waals surface area contributed by atoms with Crippen molar-refractivity contribution in [1.82, 2.24) is 9.13 Å². The van der Waals surface area contributed by atoms with Gasteiger partial charge in [-0.05, 0) is 105 Å². The fraction of sp³-hybridized carbons (Fsp3) is 0. The average molecular weight is 713 g/mol. The van der Waals surface area contributed by atoms with Crippen molar-refractivity contribution in [3.8, 4) is 55.9 Å². The van der Waals surface area contributed by atoms with E-state index in [1.807, 2.05) is 0 Å². The van der Waals surface area contributed by atoms with Crippen LogP contribution < -0.4 is 0 Å². The zero-order valence-corrected chi connectivity index (χ0v) is 30.7.